The highest BCUT2D eigenvalue weighted by Gasteiger charge is 2.74. The van der Waals surface area contributed by atoms with Crippen molar-refractivity contribution in [2.45, 2.75) is 24.4 Å². The van der Waals surface area contributed by atoms with Crippen LogP contribution in [-0.2, 0) is 19.9 Å². The molecule has 0 aliphatic carbocycles. The van der Waals surface area contributed by atoms with Crippen molar-refractivity contribution in [2.24, 2.45) is 11.8 Å². The number of carbonyl (C=O) groups excluding carboxylic acids is 3. The summed E-state index contributed by atoms with van der Waals surface area (Å²) in [5.74, 6) is -2.99. The Bertz CT molecular complexity index is 1400. The number of benzene rings is 3. The summed E-state index contributed by atoms with van der Waals surface area (Å²) in [6.07, 6.45) is 1.55. The molecule has 7 rings (SSSR count). The maximum absolute atomic E-state index is 14.4. The lowest BCUT2D eigenvalue weighted by atomic mass is 9.75. The molecule has 164 valence electrons. The number of nitrogens with zero attached hydrogens (tertiary/aromatic N) is 2. The summed E-state index contributed by atoms with van der Waals surface area (Å²) >= 11 is 0. The topological polar surface area (TPSA) is 69.7 Å². The molecular formula is C26H20FN3O3. The number of rotatable bonds is 1. The maximum atomic E-state index is 14.4. The molecule has 4 atom stereocenters. The Morgan fingerprint density at radius 2 is 1.76 bits per heavy atom. The SMILES string of the molecule is O=C1[C@H]2[C@@H](C(=O)N1c1ccc3ccccc3c1)[C@@]1(C(=O)Nc3ccc(F)cc31)N1CCC[C@@H]21. The molecular weight excluding hydrogens is 421 g/mol. The van der Waals surface area contributed by atoms with E-state index in [9.17, 15) is 18.8 Å². The highest BCUT2D eigenvalue weighted by Crippen LogP contribution is 2.60. The van der Waals surface area contributed by atoms with Gasteiger partial charge in [0.05, 0.1) is 17.5 Å². The zero-order valence-electron chi connectivity index (χ0n) is 17.6. The maximum Gasteiger partial charge on any atom is 0.250 e. The van der Waals surface area contributed by atoms with Gasteiger partial charge in [0.15, 0.2) is 0 Å². The Morgan fingerprint density at radius 1 is 0.939 bits per heavy atom. The normalized spacial score (nSPS) is 30.3. The zero-order valence-corrected chi connectivity index (χ0v) is 17.6. The average Bonchev–Trinajstić information content (AvgIpc) is 3.52. The first-order valence-electron chi connectivity index (χ1n) is 11.3. The van der Waals surface area contributed by atoms with E-state index in [4.69, 9.17) is 0 Å². The Morgan fingerprint density at radius 3 is 2.61 bits per heavy atom. The van der Waals surface area contributed by atoms with Gasteiger partial charge in [0.1, 0.15) is 11.4 Å². The molecule has 4 heterocycles. The van der Waals surface area contributed by atoms with Crippen LogP contribution in [0, 0.1) is 17.7 Å². The third-order valence-electron chi connectivity index (χ3n) is 7.95. The van der Waals surface area contributed by atoms with Gasteiger partial charge in [-0.15, -0.1) is 0 Å². The van der Waals surface area contributed by atoms with Crippen LogP contribution in [-0.4, -0.2) is 35.2 Å². The quantitative estimate of drug-likeness (QED) is 0.588. The van der Waals surface area contributed by atoms with Crippen molar-refractivity contribution < 1.29 is 18.8 Å². The summed E-state index contributed by atoms with van der Waals surface area (Å²) in [5.41, 5.74) is 0.128. The smallest absolute Gasteiger partial charge is 0.250 e. The summed E-state index contributed by atoms with van der Waals surface area (Å²) in [6, 6.07) is 17.2. The number of imide groups is 1. The fourth-order valence-electron chi connectivity index (χ4n) is 6.75. The van der Waals surface area contributed by atoms with Crippen LogP contribution in [0.4, 0.5) is 15.8 Å². The minimum atomic E-state index is -1.36. The molecule has 0 unspecified atom stereocenters. The van der Waals surface area contributed by atoms with Gasteiger partial charge in [-0.25, -0.2) is 9.29 Å². The third-order valence-corrected chi connectivity index (χ3v) is 7.95. The van der Waals surface area contributed by atoms with Crippen LogP contribution < -0.4 is 10.2 Å². The van der Waals surface area contributed by atoms with E-state index in [2.05, 4.69) is 5.32 Å². The lowest BCUT2D eigenvalue weighted by molar-refractivity contribution is -0.135. The van der Waals surface area contributed by atoms with E-state index in [0.717, 1.165) is 23.6 Å². The standard InChI is InChI=1S/C26H20FN3O3/c27-16-8-10-19-18(13-16)26(25(33)28-19)22-21(20-6-3-11-29(20)26)23(31)30(24(22)32)17-9-7-14-4-1-2-5-15(14)12-17/h1-2,4-5,7-10,12-13,20-22H,3,6,11H2,(H,28,33)/t20-,21+,22-,26-/m0/s1. The zero-order chi connectivity index (χ0) is 22.5. The largest absolute Gasteiger partial charge is 0.324 e. The number of anilines is 2. The van der Waals surface area contributed by atoms with Crippen LogP contribution >= 0.6 is 0 Å². The van der Waals surface area contributed by atoms with Crippen LogP contribution in [0.2, 0.25) is 0 Å². The van der Waals surface area contributed by atoms with Gasteiger partial charge in [0.2, 0.25) is 17.7 Å². The summed E-state index contributed by atoms with van der Waals surface area (Å²) in [6.45, 7) is 0.595. The van der Waals surface area contributed by atoms with Crippen molar-refractivity contribution in [1.82, 2.24) is 4.90 Å². The van der Waals surface area contributed by atoms with Gasteiger partial charge in [-0.2, -0.15) is 0 Å². The van der Waals surface area contributed by atoms with Gasteiger partial charge in [-0.1, -0.05) is 30.3 Å². The minimum Gasteiger partial charge on any atom is -0.324 e. The number of halogens is 1. The molecule has 0 radical (unpaired) electrons. The van der Waals surface area contributed by atoms with Crippen molar-refractivity contribution in [3.05, 3.63) is 72.0 Å². The molecule has 0 bridgehead atoms. The van der Waals surface area contributed by atoms with Crippen molar-refractivity contribution in [3.63, 3.8) is 0 Å². The van der Waals surface area contributed by atoms with Crippen LogP contribution in [0.25, 0.3) is 10.8 Å². The van der Waals surface area contributed by atoms with Crippen molar-refractivity contribution >= 4 is 39.9 Å². The number of amides is 3. The van der Waals surface area contributed by atoms with Gasteiger partial charge in [0, 0.05) is 17.3 Å². The number of hydrogen-bond donors (Lipinski definition) is 1. The van der Waals surface area contributed by atoms with Gasteiger partial charge in [-0.3, -0.25) is 19.3 Å². The van der Waals surface area contributed by atoms with E-state index < -0.39 is 23.2 Å². The van der Waals surface area contributed by atoms with Crippen molar-refractivity contribution in [1.29, 1.82) is 0 Å². The predicted octanol–water partition coefficient (Wildman–Crippen LogP) is 3.41. The first-order valence-corrected chi connectivity index (χ1v) is 11.3. The Balaban J connectivity index is 1.42. The molecule has 4 aliphatic rings. The van der Waals surface area contributed by atoms with Gasteiger partial charge < -0.3 is 5.32 Å². The first kappa shape index (κ1) is 18.9. The molecule has 3 fully saturated rings. The van der Waals surface area contributed by atoms with Gasteiger partial charge in [-0.05, 0) is 60.5 Å². The number of carbonyl (C=O) groups is 3. The van der Waals surface area contributed by atoms with Crippen LogP contribution in [0.3, 0.4) is 0 Å². The second-order valence-electron chi connectivity index (χ2n) is 9.36. The predicted molar refractivity (Wildman–Crippen MR) is 120 cm³/mol. The van der Waals surface area contributed by atoms with Crippen molar-refractivity contribution in [3.8, 4) is 0 Å². The lowest BCUT2D eigenvalue weighted by Gasteiger charge is -2.36. The molecule has 3 aromatic carbocycles. The molecule has 1 N–H and O–H groups in total. The molecule has 3 aromatic rings. The highest BCUT2D eigenvalue weighted by atomic mass is 19.1. The molecule has 7 heteroatoms. The molecule has 6 nitrogen and oxygen atoms in total. The monoisotopic (exact) mass is 441 g/mol. The van der Waals surface area contributed by atoms with Crippen molar-refractivity contribution in [2.75, 3.05) is 16.8 Å². The summed E-state index contributed by atoms with van der Waals surface area (Å²) < 4.78 is 14.4. The number of hydrogen-bond acceptors (Lipinski definition) is 4. The minimum absolute atomic E-state index is 0.225. The Kier molecular flexibility index (Phi) is 3.59. The van der Waals surface area contributed by atoms with E-state index in [1.807, 2.05) is 41.3 Å². The summed E-state index contributed by atoms with van der Waals surface area (Å²) in [4.78, 5) is 44.6. The Labute approximate surface area is 189 Å². The molecule has 0 aromatic heterocycles. The molecule has 4 aliphatic heterocycles. The van der Waals surface area contributed by atoms with Crippen LogP contribution in [0.15, 0.2) is 60.7 Å². The second-order valence-corrected chi connectivity index (χ2v) is 9.36. The van der Waals surface area contributed by atoms with Crippen LogP contribution in [0.1, 0.15) is 18.4 Å². The van der Waals surface area contributed by atoms with E-state index >= 15 is 0 Å². The molecule has 3 saturated heterocycles. The van der Waals surface area contributed by atoms with E-state index in [-0.39, 0.29) is 23.8 Å². The lowest BCUT2D eigenvalue weighted by Crippen LogP contribution is -2.54. The molecule has 0 saturated carbocycles. The van der Waals surface area contributed by atoms with E-state index in [1.165, 1.54) is 23.1 Å². The first-order chi connectivity index (χ1) is 16.0. The molecule has 3 amide bonds. The molecule has 33 heavy (non-hydrogen) atoms. The van der Waals surface area contributed by atoms with Crippen LogP contribution in [0.5, 0.6) is 0 Å². The average molecular weight is 441 g/mol. The third kappa shape index (κ3) is 2.18. The fourth-order valence-corrected chi connectivity index (χ4v) is 6.75. The Hall–Kier alpha value is -3.58. The fraction of sp³-hybridized carbons (Fsp3) is 0.269. The highest BCUT2D eigenvalue weighted by molar-refractivity contribution is 6.26. The number of fused-ring (bicyclic) bond motifs is 8. The van der Waals surface area contributed by atoms with E-state index in [0.29, 0.717) is 23.5 Å². The second kappa shape index (κ2) is 6.26. The van der Waals surface area contributed by atoms with Gasteiger partial charge >= 0.3 is 0 Å². The molecule has 1 spiro atoms. The van der Waals surface area contributed by atoms with E-state index in [1.54, 1.807) is 6.07 Å². The summed E-state index contributed by atoms with van der Waals surface area (Å²) in [7, 11) is 0. The number of nitrogens with one attached hydrogen (secondary N) is 1. The summed E-state index contributed by atoms with van der Waals surface area (Å²) in [5, 5.41) is 4.81. The van der Waals surface area contributed by atoms with Gasteiger partial charge in [0.25, 0.3) is 0 Å².